The Morgan fingerprint density at radius 1 is 0.962 bits per heavy atom. The Morgan fingerprint density at radius 3 is 2.19 bits per heavy atom. The van der Waals surface area contributed by atoms with Gasteiger partial charge in [0, 0.05) is 31.6 Å². The predicted octanol–water partition coefficient (Wildman–Crippen LogP) is 3.48. The third-order valence-electron chi connectivity index (χ3n) is 5.06. The average Bonchev–Trinajstić information content (AvgIpc) is 2.59. The number of carbonyl (C=O) groups excluding carboxylic acids is 2. The fourth-order valence-electron chi connectivity index (χ4n) is 3.37. The van der Waals surface area contributed by atoms with Crippen molar-refractivity contribution in [2.75, 3.05) is 19.6 Å². The third kappa shape index (κ3) is 10.8. The molecule has 0 saturated carbocycles. The second kappa shape index (κ2) is 13.1. The Bertz CT molecular complexity index is 402. The van der Waals surface area contributed by atoms with E-state index in [2.05, 4.69) is 24.5 Å². The summed E-state index contributed by atoms with van der Waals surface area (Å²) in [5.74, 6) is 1.15. The fourth-order valence-corrected chi connectivity index (χ4v) is 3.37. The first-order valence-electron chi connectivity index (χ1n) is 10.7. The zero-order chi connectivity index (χ0) is 19.4. The molecule has 1 heterocycles. The van der Waals surface area contributed by atoms with Gasteiger partial charge >= 0.3 is 0 Å². The van der Waals surface area contributed by atoms with Crippen LogP contribution in [0.4, 0.5) is 0 Å². The lowest BCUT2D eigenvalue weighted by Crippen LogP contribution is -2.48. The summed E-state index contributed by atoms with van der Waals surface area (Å²) in [6.45, 7) is 10.5. The van der Waals surface area contributed by atoms with Crippen LogP contribution in [0.2, 0.25) is 0 Å². The Balaban J connectivity index is 2.07. The van der Waals surface area contributed by atoms with Gasteiger partial charge in [0.1, 0.15) is 0 Å². The van der Waals surface area contributed by atoms with Crippen LogP contribution in [0.3, 0.4) is 0 Å². The minimum Gasteiger partial charge on any atom is -0.352 e. The van der Waals surface area contributed by atoms with Crippen molar-refractivity contribution in [1.29, 1.82) is 0 Å². The van der Waals surface area contributed by atoms with Gasteiger partial charge in [-0.2, -0.15) is 0 Å². The van der Waals surface area contributed by atoms with Crippen LogP contribution in [0, 0.1) is 5.92 Å². The molecule has 2 N–H and O–H groups in total. The number of nitrogens with one attached hydrogen (secondary N) is 2. The van der Waals surface area contributed by atoms with Crippen molar-refractivity contribution in [2.45, 2.75) is 97.6 Å². The van der Waals surface area contributed by atoms with Crippen molar-refractivity contribution in [3.8, 4) is 0 Å². The monoisotopic (exact) mass is 367 g/mol. The zero-order valence-corrected chi connectivity index (χ0v) is 17.5. The molecule has 152 valence electrons. The first-order chi connectivity index (χ1) is 12.4. The van der Waals surface area contributed by atoms with Crippen LogP contribution >= 0.6 is 0 Å². The predicted molar refractivity (Wildman–Crippen MR) is 108 cm³/mol. The number of carbonyl (C=O) groups is 2. The molecule has 2 amide bonds. The number of unbranched alkanes of at least 4 members (excludes halogenated alkanes) is 4. The summed E-state index contributed by atoms with van der Waals surface area (Å²) >= 11 is 0. The Hall–Kier alpha value is -1.10. The zero-order valence-electron chi connectivity index (χ0n) is 17.5. The van der Waals surface area contributed by atoms with E-state index in [1.54, 1.807) is 0 Å². The first kappa shape index (κ1) is 22.9. The molecule has 0 aromatic carbocycles. The van der Waals surface area contributed by atoms with E-state index in [0.717, 1.165) is 38.3 Å². The largest absolute Gasteiger partial charge is 0.352 e. The molecule has 0 radical (unpaired) electrons. The van der Waals surface area contributed by atoms with Gasteiger partial charge < -0.3 is 15.5 Å². The van der Waals surface area contributed by atoms with Crippen molar-refractivity contribution in [2.24, 2.45) is 5.92 Å². The van der Waals surface area contributed by atoms with Gasteiger partial charge in [-0.15, -0.1) is 0 Å². The van der Waals surface area contributed by atoms with Gasteiger partial charge in [0.25, 0.3) is 0 Å². The second-order valence-corrected chi connectivity index (χ2v) is 8.46. The van der Waals surface area contributed by atoms with Crippen molar-refractivity contribution in [3.05, 3.63) is 0 Å². The van der Waals surface area contributed by atoms with E-state index in [9.17, 15) is 9.59 Å². The SMILES string of the molecule is CC(C)CCCCCCCC(=O)N1CCC(NC(=O)CNC(C)C)CC1. The number of likely N-dealkylation sites (tertiary alicyclic amines) is 1. The summed E-state index contributed by atoms with van der Waals surface area (Å²) < 4.78 is 0. The van der Waals surface area contributed by atoms with Crippen molar-refractivity contribution < 1.29 is 9.59 Å². The quantitative estimate of drug-likeness (QED) is 0.519. The van der Waals surface area contributed by atoms with E-state index in [1.807, 2.05) is 18.7 Å². The molecule has 1 rings (SSSR count). The topological polar surface area (TPSA) is 61.4 Å². The van der Waals surface area contributed by atoms with E-state index in [0.29, 0.717) is 24.9 Å². The first-order valence-corrected chi connectivity index (χ1v) is 10.7. The van der Waals surface area contributed by atoms with Crippen molar-refractivity contribution in [1.82, 2.24) is 15.5 Å². The molecule has 1 saturated heterocycles. The van der Waals surface area contributed by atoms with E-state index in [-0.39, 0.29) is 11.9 Å². The van der Waals surface area contributed by atoms with E-state index >= 15 is 0 Å². The molecular weight excluding hydrogens is 326 g/mol. The normalized spacial score (nSPS) is 15.7. The number of hydrogen-bond donors (Lipinski definition) is 2. The van der Waals surface area contributed by atoms with Crippen molar-refractivity contribution in [3.63, 3.8) is 0 Å². The molecule has 0 aliphatic carbocycles. The minimum absolute atomic E-state index is 0.0564. The summed E-state index contributed by atoms with van der Waals surface area (Å²) in [6, 6.07) is 0.525. The van der Waals surface area contributed by atoms with Gasteiger partial charge in [-0.1, -0.05) is 59.8 Å². The average molecular weight is 368 g/mol. The molecule has 0 unspecified atom stereocenters. The molecule has 1 aliphatic heterocycles. The van der Waals surface area contributed by atoms with Crippen LogP contribution in [0.1, 0.15) is 85.5 Å². The summed E-state index contributed by atoms with van der Waals surface area (Å²) in [4.78, 5) is 26.2. The maximum absolute atomic E-state index is 12.3. The van der Waals surface area contributed by atoms with Crippen LogP contribution in [0.5, 0.6) is 0 Å². The number of piperidine rings is 1. The lowest BCUT2D eigenvalue weighted by Gasteiger charge is -2.32. The summed E-state index contributed by atoms with van der Waals surface area (Å²) in [6.07, 6.45) is 9.77. The lowest BCUT2D eigenvalue weighted by atomic mass is 10.0. The van der Waals surface area contributed by atoms with E-state index in [4.69, 9.17) is 0 Å². The summed E-state index contributed by atoms with van der Waals surface area (Å²) in [5.41, 5.74) is 0. The highest BCUT2D eigenvalue weighted by Gasteiger charge is 2.23. The molecule has 1 fully saturated rings. The van der Waals surface area contributed by atoms with Crippen LogP contribution in [0.15, 0.2) is 0 Å². The number of hydrogen-bond acceptors (Lipinski definition) is 3. The van der Waals surface area contributed by atoms with Gasteiger partial charge in [0.2, 0.25) is 11.8 Å². The van der Waals surface area contributed by atoms with Crippen LogP contribution in [0.25, 0.3) is 0 Å². The summed E-state index contributed by atoms with van der Waals surface area (Å²) in [7, 11) is 0. The van der Waals surface area contributed by atoms with Crippen LogP contribution in [-0.2, 0) is 9.59 Å². The standard InChI is InChI=1S/C21H41N3O2/c1-17(2)10-8-6-5-7-9-11-21(26)24-14-12-19(13-15-24)23-20(25)16-22-18(3)4/h17-19,22H,5-16H2,1-4H3,(H,23,25). The van der Waals surface area contributed by atoms with Crippen LogP contribution in [-0.4, -0.2) is 48.4 Å². The second-order valence-electron chi connectivity index (χ2n) is 8.46. The molecule has 0 aromatic rings. The highest BCUT2D eigenvalue weighted by Crippen LogP contribution is 2.15. The molecule has 5 heteroatoms. The molecular formula is C21H41N3O2. The van der Waals surface area contributed by atoms with Gasteiger partial charge in [0.05, 0.1) is 6.54 Å². The number of rotatable bonds is 12. The number of amides is 2. The van der Waals surface area contributed by atoms with E-state index < -0.39 is 0 Å². The smallest absolute Gasteiger partial charge is 0.234 e. The Labute approximate surface area is 160 Å². The van der Waals surface area contributed by atoms with Gasteiger partial charge in [-0.25, -0.2) is 0 Å². The maximum atomic E-state index is 12.3. The minimum atomic E-state index is 0.0564. The molecule has 0 aromatic heterocycles. The van der Waals surface area contributed by atoms with Gasteiger partial charge in [-0.05, 0) is 25.2 Å². The maximum Gasteiger partial charge on any atom is 0.234 e. The Kier molecular flexibility index (Phi) is 11.6. The Morgan fingerprint density at radius 2 is 1.58 bits per heavy atom. The molecule has 0 bridgehead atoms. The molecule has 26 heavy (non-hydrogen) atoms. The third-order valence-corrected chi connectivity index (χ3v) is 5.06. The molecule has 0 atom stereocenters. The highest BCUT2D eigenvalue weighted by molar-refractivity contribution is 5.78. The molecule has 0 spiro atoms. The van der Waals surface area contributed by atoms with Gasteiger partial charge in [0.15, 0.2) is 0 Å². The van der Waals surface area contributed by atoms with Crippen LogP contribution < -0.4 is 10.6 Å². The summed E-state index contributed by atoms with van der Waals surface area (Å²) in [5, 5.41) is 6.21. The highest BCUT2D eigenvalue weighted by atomic mass is 16.2. The van der Waals surface area contributed by atoms with E-state index in [1.165, 1.54) is 32.1 Å². The fraction of sp³-hybridized carbons (Fsp3) is 0.905. The molecule has 1 aliphatic rings. The van der Waals surface area contributed by atoms with Gasteiger partial charge in [-0.3, -0.25) is 9.59 Å². The van der Waals surface area contributed by atoms with Crippen molar-refractivity contribution >= 4 is 11.8 Å². The molecule has 5 nitrogen and oxygen atoms in total. The number of nitrogens with zero attached hydrogens (tertiary/aromatic N) is 1. The lowest BCUT2D eigenvalue weighted by molar-refractivity contribution is -0.132.